The fraction of sp³-hybridized carbons (Fsp3) is 0.833. The van der Waals surface area contributed by atoms with Gasteiger partial charge in [-0.15, -0.1) is 0 Å². The Kier molecular flexibility index (Phi) is 1.11. The number of fused-ring (bicyclic) bond motifs is 2. The van der Waals surface area contributed by atoms with Gasteiger partial charge >= 0.3 is 6.09 Å². The number of rotatable bonds is 0. The summed E-state index contributed by atoms with van der Waals surface area (Å²) in [6.45, 7) is 1.52. The van der Waals surface area contributed by atoms with Gasteiger partial charge in [0.25, 0.3) is 0 Å². The summed E-state index contributed by atoms with van der Waals surface area (Å²) in [4.78, 5) is 12.0. The van der Waals surface area contributed by atoms with E-state index in [2.05, 4.69) is 5.32 Å². The molecule has 2 saturated heterocycles. The van der Waals surface area contributed by atoms with Gasteiger partial charge in [-0.3, -0.25) is 0 Å². The minimum absolute atomic E-state index is 0.252. The van der Waals surface area contributed by atoms with Crippen LogP contribution >= 0.6 is 0 Å². The highest BCUT2D eigenvalue weighted by molar-refractivity contribution is 5.66. The van der Waals surface area contributed by atoms with Crippen molar-refractivity contribution in [3.63, 3.8) is 0 Å². The van der Waals surface area contributed by atoms with Gasteiger partial charge in [-0.05, 0) is 6.42 Å². The Morgan fingerprint density at radius 2 is 2.50 bits per heavy atom. The number of likely N-dealkylation sites (tertiary alicyclic amines) is 1. The minimum Gasteiger partial charge on any atom is -0.465 e. The predicted molar refractivity (Wildman–Crippen MR) is 34.9 cm³/mol. The second-order valence-electron chi connectivity index (χ2n) is 2.93. The Hall–Kier alpha value is -0.770. The summed E-state index contributed by atoms with van der Waals surface area (Å²) >= 11 is 0. The third-order valence-corrected chi connectivity index (χ3v) is 2.30. The van der Waals surface area contributed by atoms with Gasteiger partial charge < -0.3 is 15.3 Å². The van der Waals surface area contributed by atoms with Crippen LogP contribution in [0.25, 0.3) is 0 Å². The number of nitrogens with one attached hydrogen (secondary N) is 1. The molecular formula is C6H10N2O2. The molecule has 0 spiro atoms. The van der Waals surface area contributed by atoms with Crippen LogP contribution < -0.4 is 5.32 Å². The molecule has 0 aromatic rings. The van der Waals surface area contributed by atoms with E-state index in [0.29, 0.717) is 12.6 Å². The molecule has 2 rings (SSSR count). The van der Waals surface area contributed by atoms with Crippen molar-refractivity contribution in [2.45, 2.75) is 18.5 Å². The zero-order valence-electron chi connectivity index (χ0n) is 5.58. The summed E-state index contributed by atoms with van der Waals surface area (Å²) < 4.78 is 0. The fourth-order valence-corrected chi connectivity index (χ4v) is 1.80. The van der Waals surface area contributed by atoms with E-state index in [1.165, 1.54) is 4.90 Å². The molecule has 2 heterocycles. The Morgan fingerprint density at radius 1 is 1.70 bits per heavy atom. The van der Waals surface area contributed by atoms with Crippen molar-refractivity contribution in [3.8, 4) is 0 Å². The molecule has 56 valence electrons. The summed E-state index contributed by atoms with van der Waals surface area (Å²) in [6, 6.07) is 0.684. The fourth-order valence-electron chi connectivity index (χ4n) is 1.80. The number of hydrogen-bond donors (Lipinski definition) is 2. The number of hydrogen-bond acceptors (Lipinski definition) is 2. The van der Waals surface area contributed by atoms with Gasteiger partial charge in [0, 0.05) is 25.2 Å². The molecule has 0 aliphatic carbocycles. The van der Waals surface area contributed by atoms with Crippen LogP contribution in [0.3, 0.4) is 0 Å². The first-order valence-corrected chi connectivity index (χ1v) is 3.50. The van der Waals surface area contributed by atoms with E-state index in [1.807, 2.05) is 0 Å². The first-order valence-electron chi connectivity index (χ1n) is 3.50. The molecule has 2 N–H and O–H groups in total. The van der Waals surface area contributed by atoms with Crippen LogP contribution in [0, 0.1) is 0 Å². The summed E-state index contributed by atoms with van der Waals surface area (Å²) in [7, 11) is 0. The zero-order chi connectivity index (χ0) is 7.14. The minimum atomic E-state index is -0.769. The molecule has 4 nitrogen and oxygen atoms in total. The lowest BCUT2D eigenvalue weighted by Gasteiger charge is -2.23. The molecule has 0 aromatic heterocycles. The van der Waals surface area contributed by atoms with E-state index in [9.17, 15) is 4.79 Å². The molecule has 2 fully saturated rings. The van der Waals surface area contributed by atoms with Crippen LogP contribution in [0.5, 0.6) is 0 Å². The molecule has 0 radical (unpaired) electrons. The normalized spacial score (nSPS) is 37.0. The highest BCUT2D eigenvalue weighted by atomic mass is 16.4. The van der Waals surface area contributed by atoms with Crippen LogP contribution in [0.4, 0.5) is 4.79 Å². The van der Waals surface area contributed by atoms with Crippen molar-refractivity contribution in [2.75, 3.05) is 13.1 Å². The lowest BCUT2D eigenvalue weighted by atomic mass is 10.2. The Balaban J connectivity index is 2.08. The maximum absolute atomic E-state index is 10.5. The van der Waals surface area contributed by atoms with Gasteiger partial charge in [-0.2, -0.15) is 0 Å². The number of carboxylic acid groups (broad SMARTS) is 1. The number of piperazine rings is 1. The number of carbonyl (C=O) groups is 1. The SMILES string of the molecule is O=C(O)N1C[C@H]2C[C@@H]1CN2. The predicted octanol–water partition coefficient (Wildman–Crippen LogP) is -0.289. The highest BCUT2D eigenvalue weighted by Gasteiger charge is 2.39. The lowest BCUT2D eigenvalue weighted by molar-refractivity contribution is 0.134. The molecule has 1 amide bonds. The first kappa shape index (κ1) is 5.97. The monoisotopic (exact) mass is 142 g/mol. The maximum atomic E-state index is 10.5. The van der Waals surface area contributed by atoms with Gasteiger partial charge in [-0.1, -0.05) is 0 Å². The van der Waals surface area contributed by atoms with Crippen LogP contribution in [0.1, 0.15) is 6.42 Å². The molecule has 2 bridgehead atoms. The Labute approximate surface area is 58.8 Å². The van der Waals surface area contributed by atoms with E-state index >= 15 is 0 Å². The van der Waals surface area contributed by atoms with Crippen LogP contribution in [0.15, 0.2) is 0 Å². The van der Waals surface area contributed by atoms with Crippen LogP contribution in [0.2, 0.25) is 0 Å². The number of nitrogens with zero attached hydrogens (tertiary/aromatic N) is 1. The summed E-state index contributed by atoms with van der Waals surface area (Å²) in [5, 5.41) is 11.9. The van der Waals surface area contributed by atoms with Gasteiger partial charge in [0.05, 0.1) is 0 Å². The van der Waals surface area contributed by atoms with Crippen molar-refractivity contribution in [1.29, 1.82) is 0 Å². The third-order valence-electron chi connectivity index (χ3n) is 2.30. The standard InChI is InChI=1S/C6H10N2O2/c9-6(10)8-3-4-1-5(8)2-7-4/h4-5,7H,1-3H2,(H,9,10)/t4-,5-/m1/s1. The lowest BCUT2D eigenvalue weighted by Crippen LogP contribution is -2.45. The molecular weight excluding hydrogens is 132 g/mol. The highest BCUT2D eigenvalue weighted by Crippen LogP contribution is 2.22. The van der Waals surface area contributed by atoms with Gasteiger partial charge in [0.1, 0.15) is 0 Å². The molecule has 0 aromatic carbocycles. The van der Waals surface area contributed by atoms with Crippen LogP contribution in [-0.2, 0) is 0 Å². The topological polar surface area (TPSA) is 52.6 Å². The molecule has 0 unspecified atom stereocenters. The van der Waals surface area contributed by atoms with Crippen molar-refractivity contribution >= 4 is 6.09 Å². The van der Waals surface area contributed by atoms with E-state index in [1.54, 1.807) is 0 Å². The van der Waals surface area contributed by atoms with Crippen LogP contribution in [-0.4, -0.2) is 41.3 Å². The Morgan fingerprint density at radius 3 is 2.80 bits per heavy atom. The molecule has 4 heteroatoms. The second kappa shape index (κ2) is 1.85. The first-order chi connectivity index (χ1) is 4.77. The van der Waals surface area contributed by atoms with E-state index in [-0.39, 0.29) is 6.04 Å². The average Bonchev–Trinajstić information content (AvgIpc) is 2.44. The van der Waals surface area contributed by atoms with Gasteiger partial charge in [-0.25, -0.2) is 4.79 Å². The maximum Gasteiger partial charge on any atom is 0.407 e. The van der Waals surface area contributed by atoms with Crippen molar-refractivity contribution in [1.82, 2.24) is 10.2 Å². The largest absolute Gasteiger partial charge is 0.465 e. The molecule has 0 saturated carbocycles. The van der Waals surface area contributed by atoms with E-state index in [4.69, 9.17) is 5.11 Å². The smallest absolute Gasteiger partial charge is 0.407 e. The average molecular weight is 142 g/mol. The second-order valence-corrected chi connectivity index (χ2v) is 2.93. The van der Waals surface area contributed by atoms with Crippen molar-refractivity contribution in [2.24, 2.45) is 0 Å². The van der Waals surface area contributed by atoms with Crippen molar-refractivity contribution < 1.29 is 9.90 Å². The van der Waals surface area contributed by atoms with Gasteiger partial charge in [0.2, 0.25) is 0 Å². The van der Waals surface area contributed by atoms with E-state index < -0.39 is 6.09 Å². The quantitative estimate of drug-likeness (QED) is 0.488. The molecule has 10 heavy (non-hydrogen) atoms. The number of amides is 1. The summed E-state index contributed by atoms with van der Waals surface area (Å²) in [5.41, 5.74) is 0. The third kappa shape index (κ3) is 0.686. The summed E-state index contributed by atoms with van der Waals surface area (Å²) in [5.74, 6) is 0. The molecule has 2 aliphatic rings. The Bertz CT molecular complexity index is 171. The van der Waals surface area contributed by atoms with Crippen molar-refractivity contribution in [3.05, 3.63) is 0 Å². The molecule has 2 atom stereocenters. The zero-order valence-corrected chi connectivity index (χ0v) is 5.58. The molecule has 2 aliphatic heterocycles. The van der Waals surface area contributed by atoms with E-state index in [0.717, 1.165) is 13.0 Å². The van der Waals surface area contributed by atoms with Gasteiger partial charge in [0.15, 0.2) is 0 Å². The summed E-state index contributed by atoms with van der Waals surface area (Å²) in [6.07, 6.45) is 0.237.